The molecule has 6 nitrogen and oxygen atoms in total. The molecule has 0 saturated carbocycles. The van der Waals surface area contributed by atoms with Gasteiger partial charge in [0.1, 0.15) is 0 Å². The number of nitrogens with one attached hydrogen (secondary N) is 1. The molecule has 0 aliphatic carbocycles. The van der Waals surface area contributed by atoms with Gasteiger partial charge in [-0.15, -0.1) is 11.3 Å². The molecule has 1 N–H and O–H groups in total. The van der Waals surface area contributed by atoms with Crippen LogP contribution in [0.1, 0.15) is 52.1 Å². The molecule has 1 aliphatic rings. The van der Waals surface area contributed by atoms with E-state index in [2.05, 4.69) is 4.72 Å². The molecule has 2 aromatic rings. The molecule has 0 atom stereocenters. The zero-order chi connectivity index (χ0) is 18.4. The maximum Gasteiger partial charge on any atom is 0.304 e. The number of hydrogen-bond donors (Lipinski definition) is 1. The molecular formula is C17H23N3O3S2. The van der Waals surface area contributed by atoms with Crippen molar-refractivity contribution in [3.05, 3.63) is 44.9 Å². The minimum Gasteiger partial charge on any atom is -0.346 e. The Morgan fingerprint density at radius 1 is 1.32 bits per heavy atom. The fourth-order valence-corrected chi connectivity index (χ4v) is 5.47. The van der Waals surface area contributed by atoms with E-state index >= 15 is 0 Å². The zero-order valence-electron chi connectivity index (χ0n) is 14.9. The second-order valence-electron chi connectivity index (χ2n) is 6.64. The third-order valence-corrected chi connectivity index (χ3v) is 7.04. The van der Waals surface area contributed by atoms with Crippen LogP contribution >= 0.6 is 11.3 Å². The summed E-state index contributed by atoms with van der Waals surface area (Å²) in [5, 5.41) is 1.97. The molecule has 0 unspecified atom stereocenters. The molecule has 0 bridgehead atoms. The molecule has 2 aromatic heterocycles. The lowest BCUT2D eigenvalue weighted by atomic mass is 10.1. The molecule has 3 heterocycles. The smallest absolute Gasteiger partial charge is 0.304 e. The molecular weight excluding hydrogens is 358 g/mol. The van der Waals surface area contributed by atoms with E-state index in [1.165, 1.54) is 9.18 Å². The van der Waals surface area contributed by atoms with Crippen LogP contribution in [0.4, 0.5) is 0 Å². The second kappa shape index (κ2) is 6.59. The first-order valence-corrected chi connectivity index (χ1v) is 10.6. The molecule has 3 rings (SSSR count). The van der Waals surface area contributed by atoms with Crippen molar-refractivity contribution in [2.24, 2.45) is 0 Å². The van der Waals surface area contributed by atoms with E-state index in [-0.39, 0.29) is 6.04 Å². The lowest BCUT2D eigenvalue weighted by Gasteiger charge is -2.26. The van der Waals surface area contributed by atoms with Gasteiger partial charge in [0.15, 0.2) is 0 Å². The van der Waals surface area contributed by atoms with Crippen LogP contribution in [0.15, 0.2) is 17.5 Å². The number of carbonyl (C=O) groups is 1. The van der Waals surface area contributed by atoms with Crippen LogP contribution in [-0.4, -0.2) is 29.7 Å². The maximum absolute atomic E-state index is 12.6. The molecule has 0 aromatic carbocycles. The van der Waals surface area contributed by atoms with E-state index in [9.17, 15) is 13.2 Å². The number of thiophene rings is 1. The Balaban J connectivity index is 1.80. The summed E-state index contributed by atoms with van der Waals surface area (Å²) < 4.78 is 30.9. The largest absolute Gasteiger partial charge is 0.346 e. The minimum absolute atomic E-state index is 0.206. The summed E-state index contributed by atoms with van der Waals surface area (Å²) in [6.45, 7) is 8.52. The first-order valence-electron chi connectivity index (χ1n) is 8.26. The number of fused-ring (bicyclic) bond motifs is 1. The van der Waals surface area contributed by atoms with Crippen molar-refractivity contribution < 1.29 is 13.2 Å². The highest BCUT2D eigenvalue weighted by Gasteiger charge is 2.30. The second-order valence-corrected chi connectivity index (χ2v) is 9.31. The summed E-state index contributed by atoms with van der Waals surface area (Å²) in [6, 6.07) is 3.89. The Labute approximate surface area is 152 Å². The Morgan fingerprint density at radius 2 is 2.04 bits per heavy atom. The lowest BCUT2D eigenvalue weighted by Crippen LogP contribution is -2.45. The number of nitrogens with zero attached hydrogens (tertiary/aromatic N) is 2. The number of rotatable bonds is 4. The molecule has 8 heteroatoms. The Hall–Kier alpha value is -1.64. The average molecular weight is 382 g/mol. The summed E-state index contributed by atoms with van der Waals surface area (Å²) in [5.41, 5.74) is 3.14. The van der Waals surface area contributed by atoms with Crippen molar-refractivity contribution in [3.63, 3.8) is 0 Å². The van der Waals surface area contributed by atoms with Crippen LogP contribution < -0.4 is 4.72 Å². The highest BCUT2D eigenvalue weighted by Crippen LogP contribution is 2.25. The van der Waals surface area contributed by atoms with Gasteiger partial charge in [0.25, 0.3) is 5.91 Å². The first kappa shape index (κ1) is 18.2. The van der Waals surface area contributed by atoms with E-state index in [1.54, 1.807) is 17.4 Å². The fourth-order valence-electron chi connectivity index (χ4n) is 3.47. The maximum atomic E-state index is 12.6. The predicted molar refractivity (Wildman–Crippen MR) is 99.1 cm³/mol. The van der Waals surface area contributed by atoms with Crippen LogP contribution in [-0.2, 0) is 23.2 Å². The van der Waals surface area contributed by atoms with Crippen LogP contribution in [0.3, 0.4) is 0 Å². The van der Waals surface area contributed by atoms with Crippen LogP contribution in [0.2, 0.25) is 0 Å². The van der Waals surface area contributed by atoms with Crippen molar-refractivity contribution in [1.29, 1.82) is 0 Å². The standard InChI is InChI=1S/C17H23N3O3S2/c1-11(2)20-12(3)9-15(13(20)4)17(21)18-25(22,23)19-7-5-16-14(10-19)6-8-24-16/h6,8-9,11H,5,7,10H2,1-4H3,(H,18,21). The van der Waals surface area contributed by atoms with Crippen LogP contribution in [0.25, 0.3) is 0 Å². The number of aryl methyl sites for hydroxylation is 1. The van der Waals surface area contributed by atoms with Crippen molar-refractivity contribution in [1.82, 2.24) is 13.6 Å². The van der Waals surface area contributed by atoms with Crippen LogP contribution in [0.5, 0.6) is 0 Å². The van der Waals surface area contributed by atoms with Gasteiger partial charge in [-0.05, 0) is 57.2 Å². The Bertz CT molecular complexity index is 910. The summed E-state index contributed by atoms with van der Waals surface area (Å²) in [5.74, 6) is -0.573. The monoisotopic (exact) mass is 381 g/mol. The zero-order valence-corrected chi connectivity index (χ0v) is 16.5. The molecule has 25 heavy (non-hydrogen) atoms. The highest BCUT2D eigenvalue weighted by atomic mass is 32.2. The summed E-state index contributed by atoms with van der Waals surface area (Å²) in [6.07, 6.45) is 0.684. The summed E-state index contributed by atoms with van der Waals surface area (Å²) >= 11 is 1.65. The number of hydrogen-bond acceptors (Lipinski definition) is 4. The first-order chi connectivity index (χ1) is 11.7. The number of aromatic nitrogens is 1. The highest BCUT2D eigenvalue weighted by molar-refractivity contribution is 7.87. The van der Waals surface area contributed by atoms with Crippen molar-refractivity contribution in [2.45, 2.75) is 46.7 Å². The number of amides is 1. The quantitative estimate of drug-likeness (QED) is 0.885. The Morgan fingerprint density at radius 3 is 2.68 bits per heavy atom. The van der Waals surface area contributed by atoms with Gasteiger partial charge in [-0.25, -0.2) is 4.72 Å². The van der Waals surface area contributed by atoms with Crippen molar-refractivity contribution >= 4 is 27.5 Å². The van der Waals surface area contributed by atoms with E-state index in [0.29, 0.717) is 25.1 Å². The molecule has 1 aliphatic heterocycles. The Kier molecular flexibility index (Phi) is 4.78. The molecule has 0 fully saturated rings. The van der Waals surface area contributed by atoms with Crippen LogP contribution in [0, 0.1) is 13.8 Å². The lowest BCUT2D eigenvalue weighted by molar-refractivity contribution is 0.0978. The molecule has 136 valence electrons. The van der Waals surface area contributed by atoms with Gasteiger partial charge in [-0.2, -0.15) is 12.7 Å². The molecule has 0 radical (unpaired) electrons. The van der Waals surface area contributed by atoms with Gasteiger partial charge in [0.2, 0.25) is 0 Å². The van der Waals surface area contributed by atoms with Gasteiger partial charge < -0.3 is 4.57 Å². The van der Waals surface area contributed by atoms with Gasteiger partial charge in [0, 0.05) is 35.4 Å². The van der Waals surface area contributed by atoms with Gasteiger partial charge in [0.05, 0.1) is 5.56 Å². The summed E-state index contributed by atoms with van der Waals surface area (Å²) in [4.78, 5) is 13.8. The minimum atomic E-state index is -3.86. The van der Waals surface area contributed by atoms with Gasteiger partial charge in [-0.3, -0.25) is 4.79 Å². The van der Waals surface area contributed by atoms with Crippen molar-refractivity contribution in [3.8, 4) is 0 Å². The fraction of sp³-hybridized carbons (Fsp3) is 0.471. The van der Waals surface area contributed by atoms with E-state index in [1.807, 2.05) is 43.7 Å². The van der Waals surface area contributed by atoms with Crippen molar-refractivity contribution in [2.75, 3.05) is 6.54 Å². The van der Waals surface area contributed by atoms with Gasteiger partial charge in [-0.1, -0.05) is 0 Å². The molecule has 1 amide bonds. The third kappa shape index (κ3) is 3.38. The molecule has 0 saturated heterocycles. The normalized spacial score (nSPS) is 15.4. The SMILES string of the molecule is Cc1cc(C(=O)NS(=O)(=O)N2CCc3sccc3C2)c(C)n1C(C)C. The summed E-state index contributed by atoms with van der Waals surface area (Å²) in [7, 11) is -3.86. The van der Waals surface area contributed by atoms with Gasteiger partial charge >= 0.3 is 10.2 Å². The van der Waals surface area contributed by atoms with E-state index < -0.39 is 16.1 Å². The third-order valence-electron chi connectivity index (χ3n) is 4.58. The number of carbonyl (C=O) groups excluding carboxylic acids is 1. The van der Waals surface area contributed by atoms with E-state index in [4.69, 9.17) is 0 Å². The molecule has 0 spiro atoms. The average Bonchev–Trinajstić information content (AvgIpc) is 3.09. The topological polar surface area (TPSA) is 71.4 Å². The predicted octanol–water partition coefficient (Wildman–Crippen LogP) is 2.78. The van der Waals surface area contributed by atoms with E-state index in [0.717, 1.165) is 17.0 Å².